The highest BCUT2D eigenvalue weighted by atomic mass is 35.5. The molecule has 144 valence electrons. The summed E-state index contributed by atoms with van der Waals surface area (Å²) in [6.45, 7) is 9.20. The number of benzene rings is 1. The van der Waals surface area contributed by atoms with Gasteiger partial charge in [-0.25, -0.2) is 4.98 Å². The van der Waals surface area contributed by atoms with Crippen molar-refractivity contribution in [2.75, 3.05) is 20.1 Å². The second-order valence-corrected chi connectivity index (χ2v) is 8.12. The maximum atomic E-state index is 12.6. The van der Waals surface area contributed by atoms with Gasteiger partial charge in [0, 0.05) is 24.5 Å². The SMILES string of the molecule is CC(C)Oc1ccc(-c2nc(C(=O)N(C)CC(C)(C)CN)cs2)cc1.Cl. The first-order valence-corrected chi connectivity index (χ1v) is 9.28. The standard InChI is InChI=1S/C19H27N3O2S.ClH/c1-13(2)24-15-8-6-14(7-9-15)17-21-16(10-25-17)18(23)22(5)12-19(3,4)11-20;/h6-10,13H,11-12,20H2,1-5H3;1H. The van der Waals surface area contributed by atoms with Crippen LogP contribution < -0.4 is 10.5 Å². The minimum atomic E-state index is -0.116. The highest BCUT2D eigenvalue weighted by Crippen LogP contribution is 2.27. The molecular weight excluding hydrogens is 370 g/mol. The van der Waals surface area contributed by atoms with E-state index in [0.717, 1.165) is 16.3 Å². The molecule has 2 aromatic rings. The third kappa shape index (κ3) is 5.97. The van der Waals surface area contributed by atoms with Gasteiger partial charge in [0.1, 0.15) is 16.5 Å². The van der Waals surface area contributed by atoms with Gasteiger partial charge in [-0.15, -0.1) is 23.7 Å². The molecule has 0 aliphatic heterocycles. The van der Waals surface area contributed by atoms with Crippen molar-refractivity contribution >= 4 is 29.7 Å². The van der Waals surface area contributed by atoms with Crippen LogP contribution in [0.2, 0.25) is 0 Å². The van der Waals surface area contributed by atoms with E-state index in [2.05, 4.69) is 4.98 Å². The third-order valence-corrected chi connectivity index (χ3v) is 4.65. The smallest absolute Gasteiger partial charge is 0.273 e. The van der Waals surface area contributed by atoms with Gasteiger partial charge >= 0.3 is 0 Å². The Morgan fingerprint density at radius 1 is 1.31 bits per heavy atom. The van der Waals surface area contributed by atoms with E-state index >= 15 is 0 Å². The quantitative estimate of drug-likeness (QED) is 0.764. The summed E-state index contributed by atoms with van der Waals surface area (Å²) in [5.74, 6) is 0.749. The number of hydrogen-bond acceptors (Lipinski definition) is 5. The summed E-state index contributed by atoms with van der Waals surface area (Å²) >= 11 is 1.47. The van der Waals surface area contributed by atoms with Crippen LogP contribution in [0.4, 0.5) is 0 Å². The molecular formula is C19H28ClN3O2S. The van der Waals surface area contributed by atoms with Crippen molar-refractivity contribution < 1.29 is 9.53 Å². The van der Waals surface area contributed by atoms with E-state index in [9.17, 15) is 4.79 Å². The summed E-state index contributed by atoms with van der Waals surface area (Å²) in [4.78, 5) is 18.8. The number of aromatic nitrogens is 1. The molecule has 0 saturated heterocycles. The van der Waals surface area contributed by atoms with Gasteiger partial charge < -0.3 is 15.4 Å². The van der Waals surface area contributed by atoms with Crippen molar-refractivity contribution in [3.8, 4) is 16.3 Å². The monoisotopic (exact) mass is 397 g/mol. The Morgan fingerprint density at radius 2 is 1.92 bits per heavy atom. The number of rotatable bonds is 7. The van der Waals surface area contributed by atoms with Crippen LogP contribution in [0, 0.1) is 5.41 Å². The molecule has 1 aromatic carbocycles. The molecule has 1 heterocycles. The normalized spacial score (nSPS) is 11.2. The van der Waals surface area contributed by atoms with Crippen molar-refractivity contribution in [2.45, 2.75) is 33.8 Å². The van der Waals surface area contributed by atoms with E-state index in [1.165, 1.54) is 11.3 Å². The number of ether oxygens (including phenoxy) is 1. The fourth-order valence-corrected chi connectivity index (χ4v) is 3.23. The number of nitrogens with zero attached hydrogens (tertiary/aromatic N) is 2. The Kier molecular flexibility index (Phi) is 8.06. The highest BCUT2D eigenvalue weighted by molar-refractivity contribution is 7.13. The summed E-state index contributed by atoms with van der Waals surface area (Å²) in [5, 5.41) is 2.63. The molecule has 5 nitrogen and oxygen atoms in total. The predicted octanol–water partition coefficient (Wildman–Crippen LogP) is 4.08. The molecule has 2 rings (SSSR count). The van der Waals surface area contributed by atoms with Gasteiger partial charge in [0.2, 0.25) is 0 Å². The lowest BCUT2D eigenvalue weighted by atomic mass is 9.93. The maximum absolute atomic E-state index is 12.6. The van der Waals surface area contributed by atoms with Crippen molar-refractivity contribution in [3.05, 3.63) is 35.3 Å². The van der Waals surface area contributed by atoms with Crippen molar-refractivity contribution in [2.24, 2.45) is 11.1 Å². The Labute approximate surface area is 166 Å². The van der Waals surface area contributed by atoms with E-state index in [-0.39, 0.29) is 29.8 Å². The molecule has 0 aliphatic carbocycles. The van der Waals surface area contributed by atoms with Crippen molar-refractivity contribution in [1.82, 2.24) is 9.88 Å². The Balaban J connectivity index is 0.00000338. The predicted molar refractivity (Wildman–Crippen MR) is 110 cm³/mol. The first-order chi connectivity index (χ1) is 11.7. The summed E-state index contributed by atoms with van der Waals surface area (Å²) < 4.78 is 5.65. The zero-order valence-corrected chi connectivity index (χ0v) is 17.6. The maximum Gasteiger partial charge on any atom is 0.273 e. The average Bonchev–Trinajstić information content (AvgIpc) is 3.03. The molecule has 0 radical (unpaired) electrons. The number of nitrogens with two attached hydrogens (primary N) is 1. The molecule has 0 saturated carbocycles. The summed E-state index contributed by atoms with van der Waals surface area (Å²) in [5.41, 5.74) is 7.09. The third-order valence-electron chi connectivity index (χ3n) is 3.76. The molecule has 1 amide bonds. The molecule has 0 spiro atoms. The van der Waals surface area contributed by atoms with Crippen LogP contribution in [0.25, 0.3) is 10.6 Å². The Bertz CT molecular complexity index is 714. The van der Waals surface area contributed by atoms with Gasteiger partial charge in [-0.2, -0.15) is 0 Å². The number of halogens is 1. The lowest BCUT2D eigenvalue weighted by Crippen LogP contribution is -2.39. The van der Waals surface area contributed by atoms with E-state index < -0.39 is 0 Å². The van der Waals surface area contributed by atoms with Gasteiger partial charge in [-0.3, -0.25) is 4.79 Å². The van der Waals surface area contributed by atoms with Crippen LogP contribution in [-0.2, 0) is 0 Å². The van der Waals surface area contributed by atoms with E-state index in [0.29, 0.717) is 18.8 Å². The lowest BCUT2D eigenvalue weighted by Gasteiger charge is -2.28. The van der Waals surface area contributed by atoms with E-state index in [4.69, 9.17) is 10.5 Å². The first kappa shape index (κ1) is 22.4. The first-order valence-electron chi connectivity index (χ1n) is 8.40. The van der Waals surface area contributed by atoms with Crippen LogP contribution in [0.5, 0.6) is 5.75 Å². The average molecular weight is 398 g/mol. The van der Waals surface area contributed by atoms with Gasteiger partial charge in [0.25, 0.3) is 5.91 Å². The highest BCUT2D eigenvalue weighted by Gasteiger charge is 2.23. The summed E-state index contributed by atoms with van der Waals surface area (Å²) in [7, 11) is 1.79. The van der Waals surface area contributed by atoms with Crippen LogP contribution in [0.3, 0.4) is 0 Å². The molecule has 0 unspecified atom stereocenters. The number of carbonyl (C=O) groups is 1. The van der Waals surface area contributed by atoms with Crippen LogP contribution >= 0.6 is 23.7 Å². The molecule has 2 N–H and O–H groups in total. The van der Waals surface area contributed by atoms with E-state index in [1.807, 2.05) is 57.3 Å². The second kappa shape index (κ2) is 9.35. The molecule has 7 heteroatoms. The summed E-state index contributed by atoms with van der Waals surface area (Å²) in [6, 6.07) is 7.78. The second-order valence-electron chi connectivity index (χ2n) is 7.26. The number of thiazole rings is 1. The molecule has 1 aromatic heterocycles. The molecule has 0 bridgehead atoms. The Hall–Kier alpha value is -1.63. The van der Waals surface area contributed by atoms with Crippen molar-refractivity contribution in [1.29, 1.82) is 0 Å². The van der Waals surface area contributed by atoms with Gasteiger partial charge in [0.15, 0.2) is 0 Å². The number of amides is 1. The lowest BCUT2D eigenvalue weighted by molar-refractivity contribution is 0.0735. The van der Waals surface area contributed by atoms with Crippen molar-refractivity contribution in [3.63, 3.8) is 0 Å². The topological polar surface area (TPSA) is 68.5 Å². The number of carbonyl (C=O) groups excluding carboxylic acids is 1. The fourth-order valence-electron chi connectivity index (χ4n) is 2.43. The molecule has 26 heavy (non-hydrogen) atoms. The molecule has 0 aliphatic rings. The largest absolute Gasteiger partial charge is 0.491 e. The number of hydrogen-bond donors (Lipinski definition) is 1. The Morgan fingerprint density at radius 3 is 2.46 bits per heavy atom. The minimum absolute atomic E-state index is 0. The van der Waals surface area contributed by atoms with Crippen LogP contribution in [-0.4, -0.2) is 42.0 Å². The van der Waals surface area contributed by atoms with E-state index in [1.54, 1.807) is 11.9 Å². The minimum Gasteiger partial charge on any atom is -0.491 e. The van der Waals surface area contributed by atoms with Gasteiger partial charge in [-0.1, -0.05) is 13.8 Å². The fraction of sp³-hybridized carbons (Fsp3) is 0.474. The van der Waals surface area contributed by atoms with Gasteiger partial charge in [-0.05, 0) is 50.1 Å². The molecule has 0 fully saturated rings. The van der Waals surface area contributed by atoms with Gasteiger partial charge in [0.05, 0.1) is 6.10 Å². The zero-order valence-electron chi connectivity index (χ0n) is 16.0. The van der Waals surface area contributed by atoms with Crippen LogP contribution in [0.15, 0.2) is 29.6 Å². The zero-order chi connectivity index (χ0) is 18.6. The van der Waals surface area contributed by atoms with Crippen LogP contribution in [0.1, 0.15) is 38.2 Å². The summed E-state index contributed by atoms with van der Waals surface area (Å²) in [6.07, 6.45) is 0.142. The molecule has 0 atom stereocenters.